The number of H-pyrrole nitrogens is 1. The van der Waals surface area contributed by atoms with Crippen LogP contribution in [0.2, 0.25) is 0 Å². The van der Waals surface area contributed by atoms with Crippen molar-refractivity contribution in [3.63, 3.8) is 0 Å². The second kappa shape index (κ2) is 7.72. The highest BCUT2D eigenvalue weighted by molar-refractivity contribution is 5.92. The van der Waals surface area contributed by atoms with E-state index in [0.717, 1.165) is 29.9 Å². The first-order valence-corrected chi connectivity index (χ1v) is 8.99. The van der Waals surface area contributed by atoms with Crippen LogP contribution in [0.3, 0.4) is 0 Å². The van der Waals surface area contributed by atoms with E-state index in [-0.39, 0.29) is 17.8 Å². The maximum absolute atomic E-state index is 12.7. The molecule has 1 atom stereocenters. The molecule has 0 saturated carbocycles. The number of likely N-dealkylation sites (tertiary alicyclic amines) is 1. The Balaban J connectivity index is 1.65. The van der Waals surface area contributed by atoms with Crippen LogP contribution in [0.4, 0.5) is 0 Å². The van der Waals surface area contributed by atoms with Gasteiger partial charge in [-0.1, -0.05) is 0 Å². The van der Waals surface area contributed by atoms with Crippen molar-refractivity contribution in [2.24, 2.45) is 5.92 Å². The molecule has 1 fully saturated rings. The quantitative estimate of drug-likeness (QED) is 0.820. The molecule has 0 bridgehead atoms. The Morgan fingerprint density at radius 1 is 1.35 bits per heavy atom. The molecular weight excluding hydrogens is 334 g/mol. The minimum atomic E-state index is -0.249. The van der Waals surface area contributed by atoms with Crippen LogP contribution in [0.1, 0.15) is 47.3 Å². The SMILES string of the molecule is CCOC(=O)[C@H]1CCCN(C(=O)c2cc(Cn3nc(C)cc3C)[nH]n2)C1. The van der Waals surface area contributed by atoms with Gasteiger partial charge in [0.1, 0.15) is 5.69 Å². The average molecular weight is 359 g/mol. The van der Waals surface area contributed by atoms with Gasteiger partial charge < -0.3 is 9.64 Å². The number of carbonyl (C=O) groups is 2. The molecule has 1 saturated heterocycles. The van der Waals surface area contributed by atoms with E-state index in [1.807, 2.05) is 24.6 Å². The van der Waals surface area contributed by atoms with Crippen LogP contribution in [0.15, 0.2) is 12.1 Å². The van der Waals surface area contributed by atoms with Gasteiger partial charge in [-0.3, -0.25) is 19.4 Å². The zero-order valence-corrected chi connectivity index (χ0v) is 15.5. The van der Waals surface area contributed by atoms with Crippen molar-refractivity contribution < 1.29 is 14.3 Å². The van der Waals surface area contributed by atoms with Gasteiger partial charge in [0.25, 0.3) is 5.91 Å². The standard InChI is InChI=1S/C18H25N5O3/c1-4-26-18(25)14-6-5-7-22(10-14)17(24)16-9-15(19-20-16)11-23-13(3)8-12(2)21-23/h8-9,14H,4-7,10-11H2,1-3H3,(H,19,20)/t14-/m0/s1. The molecule has 1 N–H and O–H groups in total. The van der Waals surface area contributed by atoms with Gasteiger partial charge in [0.15, 0.2) is 0 Å². The third-order valence-corrected chi connectivity index (χ3v) is 4.60. The van der Waals surface area contributed by atoms with Gasteiger partial charge in [-0.05, 0) is 45.7 Å². The largest absolute Gasteiger partial charge is 0.466 e. The second-order valence-electron chi connectivity index (χ2n) is 6.71. The van der Waals surface area contributed by atoms with Crippen molar-refractivity contribution in [3.8, 4) is 0 Å². The van der Waals surface area contributed by atoms with Gasteiger partial charge in [-0.15, -0.1) is 0 Å². The highest BCUT2D eigenvalue weighted by Crippen LogP contribution is 2.20. The fourth-order valence-electron chi connectivity index (χ4n) is 3.32. The van der Waals surface area contributed by atoms with Gasteiger partial charge in [0, 0.05) is 18.8 Å². The highest BCUT2D eigenvalue weighted by Gasteiger charge is 2.30. The molecule has 2 aromatic rings. The lowest BCUT2D eigenvalue weighted by Gasteiger charge is -2.31. The van der Waals surface area contributed by atoms with E-state index >= 15 is 0 Å². The van der Waals surface area contributed by atoms with Crippen LogP contribution >= 0.6 is 0 Å². The molecule has 2 aromatic heterocycles. The van der Waals surface area contributed by atoms with E-state index in [4.69, 9.17) is 4.74 Å². The van der Waals surface area contributed by atoms with E-state index in [2.05, 4.69) is 15.3 Å². The molecule has 1 amide bonds. The molecule has 0 radical (unpaired) electrons. The fourth-order valence-corrected chi connectivity index (χ4v) is 3.32. The van der Waals surface area contributed by atoms with Gasteiger partial charge in [0.2, 0.25) is 0 Å². The molecule has 0 aromatic carbocycles. The van der Waals surface area contributed by atoms with Crippen molar-refractivity contribution in [1.82, 2.24) is 24.9 Å². The highest BCUT2D eigenvalue weighted by atomic mass is 16.5. The van der Waals surface area contributed by atoms with Gasteiger partial charge in [-0.2, -0.15) is 10.2 Å². The summed E-state index contributed by atoms with van der Waals surface area (Å²) in [5, 5.41) is 11.5. The van der Waals surface area contributed by atoms with Crippen molar-refractivity contribution in [3.05, 3.63) is 34.9 Å². The number of nitrogens with one attached hydrogen (secondary N) is 1. The first-order valence-electron chi connectivity index (χ1n) is 8.99. The molecule has 0 spiro atoms. The number of esters is 1. The fraction of sp³-hybridized carbons (Fsp3) is 0.556. The predicted octanol–water partition coefficient (Wildman–Crippen LogP) is 1.69. The van der Waals surface area contributed by atoms with E-state index in [0.29, 0.717) is 31.9 Å². The normalized spacial score (nSPS) is 17.3. The van der Waals surface area contributed by atoms with Crippen LogP contribution in [0.25, 0.3) is 0 Å². The van der Waals surface area contributed by atoms with E-state index in [1.54, 1.807) is 17.9 Å². The summed E-state index contributed by atoms with van der Waals surface area (Å²) in [6.07, 6.45) is 1.55. The molecule has 140 valence electrons. The van der Waals surface area contributed by atoms with E-state index in [9.17, 15) is 9.59 Å². The van der Waals surface area contributed by atoms with Gasteiger partial charge in [-0.25, -0.2) is 0 Å². The number of nitrogens with zero attached hydrogens (tertiary/aromatic N) is 4. The molecule has 3 rings (SSSR count). The number of aromatic amines is 1. The number of aryl methyl sites for hydroxylation is 2. The third kappa shape index (κ3) is 3.95. The summed E-state index contributed by atoms with van der Waals surface area (Å²) in [6, 6.07) is 3.76. The molecule has 0 aliphatic carbocycles. The topological polar surface area (TPSA) is 93.1 Å². The summed E-state index contributed by atoms with van der Waals surface area (Å²) < 4.78 is 6.96. The lowest BCUT2D eigenvalue weighted by molar-refractivity contribution is -0.149. The lowest BCUT2D eigenvalue weighted by atomic mass is 9.98. The first-order chi connectivity index (χ1) is 12.5. The molecule has 1 aliphatic rings. The summed E-state index contributed by atoms with van der Waals surface area (Å²) >= 11 is 0. The Morgan fingerprint density at radius 2 is 2.15 bits per heavy atom. The number of ether oxygens (including phenoxy) is 1. The summed E-state index contributed by atoms with van der Waals surface area (Å²) in [5.41, 5.74) is 3.19. The summed E-state index contributed by atoms with van der Waals surface area (Å²) in [6.45, 7) is 7.64. The number of hydrogen-bond acceptors (Lipinski definition) is 5. The van der Waals surface area contributed by atoms with Crippen LogP contribution < -0.4 is 0 Å². The van der Waals surface area contributed by atoms with Crippen LogP contribution in [0, 0.1) is 19.8 Å². The van der Waals surface area contributed by atoms with Crippen LogP contribution in [-0.2, 0) is 16.1 Å². The molecular formula is C18H25N5O3. The van der Waals surface area contributed by atoms with Gasteiger partial charge in [0.05, 0.1) is 30.5 Å². The average Bonchev–Trinajstić information content (AvgIpc) is 3.21. The summed E-state index contributed by atoms with van der Waals surface area (Å²) in [5.74, 6) is -0.632. The van der Waals surface area contributed by atoms with Gasteiger partial charge >= 0.3 is 5.97 Å². The molecule has 8 heteroatoms. The van der Waals surface area contributed by atoms with Crippen molar-refractivity contribution in [2.45, 2.75) is 40.2 Å². The number of piperidine rings is 1. The number of hydrogen-bond donors (Lipinski definition) is 1. The number of carbonyl (C=O) groups excluding carboxylic acids is 2. The molecule has 8 nitrogen and oxygen atoms in total. The summed E-state index contributed by atoms with van der Waals surface area (Å²) in [4.78, 5) is 26.4. The third-order valence-electron chi connectivity index (χ3n) is 4.60. The predicted molar refractivity (Wildman–Crippen MR) is 94.7 cm³/mol. The first kappa shape index (κ1) is 18.2. The Morgan fingerprint density at radius 3 is 2.85 bits per heavy atom. The zero-order chi connectivity index (χ0) is 18.7. The molecule has 1 aliphatic heterocycles. The maximum atomic E-state index is 12.7. The second-order valence-corrected chi connectivity index (χ2v) is 6.71. The minimum absolute atomic E-state index is 0.158. The van der Waals surface area contributed by atoms with E-state index in [1.165, 1.54) is 0 Å². The summed E-state index contributed by atoms with van der Waals surface area (Å²) in [7, 11) is 0. The lowest BCUT2D eigenvalue weighted by Crippen LogP contribution is -2.43. The minimum Gasteiger partial charge on any atom is -0.466 e. The maximum Gasteiger partial charge on any atom is 0.310 e. The number of amides is 1. The zero-order valence-electron chi connectivity index (χ0n) is 15.5. The number of rotatable bonds is 5. The molecule has 26 heavy (non-hydrogen) atoms. The Labute approximate surface area is 152 Å². The van der Waals surface area contributed by atoms with Crippen molar-refractivity contribution in [1.29, 1.82) is 0 Å². The Kier molecular flexibility index (Phi) is 5.39. The Bertz CT molecular complexity index is 795. The smallest absolute Gasteiger partial charge is 0.310 e. The van der Waals surface area contributed by atoms with Crippen molar-refractivity contribution >= 4 is 11.9 Å². The molecule has 3 heterocycles. The van der Waals surface area contributed by atoms with E-state index < -0.39 is 0 Å². The Hall–Kier alpha value is -2.64. The van der Waals surface area contributed by atoms with Crippen LogP contribution in [0.5, 0.6) is 0 Å². The number of aromatic nitrogens is 4. The van der Waals surface area contributed by atoms with Crippen LogP contribution in [-0.4, -0.2) is 56.5 Å². The molecule has 0 unspecified atom stereocenters. The monoisotopic (exact) mass is 359 g/mol. The van der Waals surface area contributed by atoms with Crippen molar-refractivity contribution in [2.75, 3.05) is 19.7 Å².